The lowest BCUT2D eigenvalue weighted by molar-refractivity contribution is -0.111. The van der Waals surface area contributed by atoms with Crippen LogP contribution in [-0.4, -0.2) is 51.0 Å². The van der Waals surface area contributed by atoms with Crippen LogP contribution in [0.5, 0.6) is 5.75 Å². The fourth-order valence-electron chi connectivity index (χ4n) is 3.34. The standard InChI is InChI=1S/C22H26N2O5S/c1-16-14-24(15-17(2)29-16)30(26,27)20-11-9-19(10-12-20)23-22(25)13-8-18-6-4-5-7-21(18)28-3/h4-13,16-17H,14-15H2,1-3H3,(H,23,25). The number of rotatable bonds is 6. The van der Waals surface area contributed by atoms with E-state index in [1.807, 2.05) is 38.1 Å². The van der Waals surface area contributed by atoms with Crippen molar-refractivity contribution in [1.29, 1.82) is 0 Å². The van der Waals surface area contributed by atoms with Gasteiger partial charge in [-0.2, -0.15) is 4.31 Å². The topological polar surface area (TPSA) is 84.9 Å². The van der Waals surface area contributed by atoms with Gasteiger partial charge < -0.3 is 14.8 Å². The number of methoxy groups -OCH3 is 1. The molecule has 160 valence electrons. The fraction of sp³-hybridized carbons (Fsp3) is 0.318. The summed E-state index contributed by atoms with van der Waals surface area (Å²) in [7, 11) is -2.04. The Morgan fingerprint density at radius 2 is 1.73 bits per heavy atom. The maximum atomic E-state index is 12.9. The Morgan fingerprint density at radius 1 is 1.10 bits per heavy atom. The molecule has 1 fully saturated rings. The molecule has 30 heavy (non-hydrogen) atoms. The second kappa shape index (κ2) is 9.42. The minimum absolute atomic E-state index is 0.155. The first-order chi connectivity index (χ1) is 14.3. The Bertz CT molecular complexity index is 1010. The van der Waals surface area contributed by atoms with Crippen LogP contribution < -0.4 is 10.1 Å². The number of nitrogens with zero attached hydrogens (tertiary/aromatic N) is 1. The van der Waals surface area contributed by atoms with E-state index in [0.29, 0.717) is 24.5 Å². The van der Waals surface area contributed by atoms with Crippen LogP contribution in [0.4, 0.5) is 5.69 Å². The van der Waals surface area contributed by atoms with Gasteiger partial charge in [0.05, 0.1) is 24.2 Å². The van der Waals surface area contributed by atoms with Crippen molar-refractivity contribution in [3.63, 3.8) is 0 Å². The van der Waals surface area contributed by atoms with Gasteiger partial charge in [0.15, 0.2) is 0 Å². The molecular formula is C22H26N2O5S. The molecule has 2 aromatic carbocycles. The number of anilines is 1. The van der Waals surface area contributed by atoms with Crippen molar-refractivity contribution in [2.45, 2.75) is 31.0 Å². The average Bonchev–Trinajstić information content (AvgIpc) is 2.72. The van der Waals surface area contributed by atoms with Crippen LogP contribution in [0.1, 0.15) is 19.4 Å². The number of benzene rings is 2. The third kappa shape index (κ3) is 5.27. The highest BCUT2D eigenvalue weighted by molar-refractivity contribution is 7.89. The number of hydrogen-bond donors (Lipinski definition) is 1. The number of morpholine rings is 1. The highest BCUT2D eigenvalue weighted by Crippen LogP contribution is 2.23. The molecule has 1 aliphatic rings. The van der Waals surface area contributed by atoms with Gasteiger partial charge >= 0.3 is 0 Å². The first-order valence-corrected chi connectivity index (χ1v) is 11.1. The SMILES string of the molecule is COc1ccccc1C=CC(=O)Nc1ccc(S(=O)(=O)N2CC(C)OC(C)C2)cc1. The number of carbonyl (C=O) groups excluding carboxylic acids is 1. The van der Waals surface area contributed by atoms with Crippen LogP contribution in [0.15, 0.2) is 59.5 Å². The van der Waals surface area contributed by atoms with E-state index < -0.39 is 10.0 Å². The number of para-hydroxylation sites is 1. The van der Waals surface area contributed by atoms with Crippen LogP contribution in [0.25, 0.3) is 6.08 Å². The van der Waals surface area contributed by atoms with Gasteiger partial charge in [-0.3, -0.25) is 4.79 Å². The van der Waals surface area contributed by atoms with Crippen molar-refractivity contribution < 1.29 is 22.7 Å². The van der Waals surface area contributed by atoms with Crippen LogP contribution in [0.2, 0.25) is 0 Å². The largest absolute Gasteiger partial charge is 0.496 e. The minimum Gasteiger partial charge on any atom is -0.496 e. The van der Waals surface area contributed by atoms with E-state index in [1.165, 1.54) is 22.5 Å². The molecule has 0 aliphatic carbocycles. The van der Waals surface area contributed by atoms with Gasteiger partial charge in [0.1, 0.15) is 5.75 Å². The van der Waals surface area contributed by atoms with Crippen molar-refractivity contribution >= 4 is 27.7 Å². The van der Waals surface area contributed by atoms with Gasteiger partial charge in [-0.25, -0.2) is 8.42 Å². The van der Waals surface area contributed by atoms with Crippen LogP contribution in [-0.2, 0) is 19.6 Å². The van der Waals surface area contributed by atoms with E-state index in [1.54, 1.807) is 25.3 Å². The predicted molar refractivity (Wildman–Crippen MR) is 116 cm³/mol. The van der Waals surface area contributed by atoms with Crippen LogP contribution in [0.3, 0.4) is 0 Å². The van der Waals surface area contributed by atoms with Gasteiger partial charge in [-0.15, -0.1) is 0 Å². The van der Waals surface area contributed by atoms with Gasteiger partial charge in [0.2, 0.25) is 15.9 Å². The van der Waals surface area contributed by atoms with Gasteiger partial charge in [0.25, 0.3) is 0 Å². The molecule has 1 aliphatic heterocycles. The molecule has 1 amide bonds. The van der Waals surface area contributed by atoms with Crippen molar-refractivity contribution in [2.24, 2.45) is 0 Å². The normalized spacial score (nSPS) is 20.2. The van der Waals surface area contributed by atoms with E-state index >= 15 is 0 Å². The van der Waals surface area contributed by atoms with E-state index in [9.17, 15) is 13.2 Å². The zero-order chi connectivity index (χ0) is 21.7. The number of hydrogen-bond acceptors (Lipinski definition) is 5. The first-order valence-electron chi connectivity index (χ1n) is 9.67. The average molecular weight is 431 g/mol. The third-order valence-electron chi connectivity index (χ3n) is 4.70. The van der Waals surface area contributed by atoms with Gasteiger partial charge in [-0.05, 0) is 50.3 Å². The van der Waals surface area contributed by atoms with E-state index in [0.717, 1.165) is 5.56 Å². The second-order valence-corrected chi connectivity index (χ2v) is 9.11. The molecule has 7 nitrogen and oxygen atoms in total. The molecule has 1 N–H and O–H groups in total. The predicted octanol–water partition coefficient (Wildman–Crippen LogP) is 3.15. The lowest BCUT2D eigenvalue weighted by Crippen LogP contribution is -2.48. The van der Waals surface area contributed by atoms with Crippen molar-refractivity contribution in [1.82, 2.24) is 4.31 Å². The molecular weight excluding hydrogens is 404 g/mol. The Balaban J connectivity index is 1.67. The van der Waals surface area contributed by atoms with Gasteiger partial charge in [0, 0.05) is 30.4 Å². The number of carbonyl (C=O) groups is 1. The Hall–Kier alpha value is -2.68. The number of amides is 1. The van der Waals surface area contributed by atoms with E-state index in [-0.39, 0.29) is 23.0 Å². The molecule has 0 radical (unpaired) electrons. The van der Waals surface area contributed by atoms with Crippen LogP contribution >= 0.6 is 0 Å². The summed E-state index contributed by atoms with van der Waals surface area (Å²) in [6.45, 7) is 4.35. The zero-order valence-electron chi connectivity index (χ0n) is 17.2. The minimum atomic E-state index is -3.61. The molecule has 8 heteroatoms. The molecule has 1 heterocycles. The summed E-state index contributed by atoms with van der Waals surface area (Å²) < 4.78 is 38.1. The van der Waals surface area contributed by atoms with Crippen molar-refractivity contribution in [2.75, 3.05) is 25.5 Å². The van der Waals surface area contributed by atoms with Crippen molar-refractivity contribution in [3.8, 4) is 5.75 Å². The number of nitrogens with one attached hydrogen (secondary N) is 1. The highest BCUT2D eigenvalue weighted by atomic mass is 32.2. The fourth-order valence-corrected chi connectivity index (χ4v) is 4.93. The smallest absolute Gasteiger partial charge is 0.248 e. The quantitative estimate of drug-likeness (QED) is 0.712. The summed E-state index contributed by atoms with van der Waals surface area (Å²) in [6.07, 6.45) is 2.75. The summed E-state index contributed by atoms with van der Waals surface area (Å²) in [5.74, 6) is 0.343. The molecule has 2 unspecified atom stereocenters. The Labute approximate surface area is 177 Å². The molecule has 0 saturated carbocycles. The Kier molecular flexibility index (Phi) is 6.91. The lowest BCUT2D eigenvalue weighted by atomic mass is 10.2. The second-order valence-electron chi connectivity index (χ2n) is 7.17. The number of sulfonamides is 1. The van der Waals surface area contributed by atoms with E-state index in [2.05, 4.69) is 5.32 Å². The monoisotopic (exact) mass is 430 g/mol. The lowest BCUT2D eigenvalue weighted by Gasteiger charge is -2.34. The Morgan fingerprint density at radius 3 is 2.37 bits per heavy atom. The molecule has 0 bridgehead atoms. The molecule has 1 saturated heterocycles. The maximum Gasteiger partial charge on any atom is 0.248 e. The molecule has 0 spiro atoms. The summed E-state index contributed by atoms with van der Waals surface area (Å²) >= 11 is 0. The summed E-state index contributed by atoms with van der Waals surface area (Å²) in [5.41, 5.74) is 1.29. The third-order valence-corrected chi connectivity index (χ3v) is 6.54. The van der Waals surface area contributed by atoms with Gasteiger partial charge in [-0.1, -0.05) is 18.2 Å². The maximum absolute atomic E-state index is 12.9. The zero-order valence-corrected chi connectivity index (χ0v) is 18.1. The molecule has 3 rings (SSSR count). The van der Waals surface area contributed by atoms with Crippen molar-refractivity contribution in [3.05, 3.63) is 60.2 Å². The highest BCUT2D eigenvalue weighted by Gasteiger charge is 2.32. The van der Waals surface area contributed by atoms with Crippen LogP contribution in [0, 0.1) is 0 Å². The number of ether oxygens (including phenoxy) is 2. The van der Waals surface area contributed by atoms with E-state index in [4.69, 9.17) is 9.47 Å². The summed E-state index contributed by atoms with van der Waals surface area (Å²) in [6, 6.07) is 13.5. The summed E-state index contributed by atoms with van der Waals surface area (Å²) in [4.78, 5) is 12.4. The molecule has 0 aromatic heterocycles. The summed E-state index contributed by atoms with van der Waals surface area (Å²) in [5, 5.41) is 2.73. The first kappa shape index (κ1) is 22.0. The molecule has 2 atom stereocenters. The molecule has 2 aromatic rings.